The van der Waals surface area contributed by atoms with E-state index in [0.717, 1.165) is 16.5 Å². The SMILES string of the molecule is O=C(O)c1cccc(COc2c(I)cc(I)cc2I)n1. The van der Waals surface area contributed by atoms with E-state index in [1.54, 1.807) is 12.1 Å². The molecule has 0 bridgehead atoms. The largest absolute Gasteiger partial charge is 0.485 e. The predicted molar refractivity (Wildman–Crippen MR) is 100 cm³/mol. The highest BCUT2D eigenvalue weighted by atomic mass is 127. The van der Waals surface area contributed by atoms with E-state index in [0.29, 0.717) is 5.69 Å². The Balaban J connectivity index is 2.17. The maximum Gasteiger partial charge on any atom is 0.354 e. The van der Waals surface area contributed by atoms with E-state index < -0.39 is 5.97 Å². The zero-order valence-electron chi connectivity index (χ0n) is 9.94. The number of carboxylic acids is 1. The Morgan fingerprint density at radius 3 is 2.45 bits per heavy atom. The lowest BCUT2D eigenvalue weighted by Crippen LogP contribution is -2.06. The third-order valence-corrected chi connectivity index (χ3v) is 4.58. The van der Waals surface area contributed by atoms with Gasteiger partial charge in [-0.25, -0.2) is 9.78 Å². The van der Waals surface area contributed by atoms with Crippen molar-refractivity contribution in [3.8, 4) is 5.75 Å². The van der Waals surface area contributed by atoms with Crippen LogP contribution in [0.3, 0.4) is 0 Å². The van der Waals surface area contributed by atoms with Gasteiger partial charge in [0.15, 0.2) is 0 Å². The molecule has 0 atom stereocenters. The molecule has 1 aromatic heterocycles. The van der Waals surface area contributed by atoms with Crippen molar-refractivity contribution in [1.82, 2.24) is 4.98 Å². The third kappa shape index (κ3) is 4.16. The Hall–Kier alpha value is -0.170. The number of hydrogen-bond acceptors (Lipinski definition) is 3. The van der Waals surface area contributed by atoms with Crippen LogP contribution in [0.25, 0.3) is 0 Å². The van der Waals surface area contributed by atoms with E-state index in [2.05, 4.69) is 72.8 Å². The second kappa shape index (κ2) is 7.20. The van der Waals surface area contributed by atoms with E-state index in [9.17, 15) is 4.79 Å². The summed E-state index contributed by atoms with van der Waals surface area (Å²) in [5.41, 5.74) is 0.619. The standard InChI is InChI=1S/C13H8I3NO3/c14-7-4-9(15)12(10(16)5-7)20-6-8-2-1-3-11(17-8)13(18)19/h1-5H,6H2,(H,18,19). The highest BCUT2D eigenvalue weighted by Crippen LogP contribution is 2.30. The molecule has 0 unspecified atom stereocenters. The number of rotatable bonds is 4. The fourth-order valence-corrected chi connectivity index (χ4v) is 5.39. The number of carbonyl (C=O) groups is 1. The quantitative estimate of drug-likeness (QED) is 0.531. The zero-order valence-corrected chi connectivity index (χ0v) is 16.4. The van der Waals surface area contributed by atoms with Gasteiger partial charge in [0.05, 0.1) is 12.8 Å². The Bertz CT molecular complexity index is 638. The molecule has 0 fully saturated rings. The molecule has 1 heterocycles. The molecule has 1 aromatic carbocycles. The minimum Gasteiger partial charge on any atom is -0.485 e. The topological polar surface area (TPSA) is 59.4 Å². The van der Waals surface area contributed by atoms with Crippen molar-refractivity contribution in [2.45, 2.75) is 6.61 Å². The summed E-state index contributed by atoms with van der Waals surface area (Å²) < 4.78 is 8.96. The molecular weight excluding hydrogens is 599 g/mol. The van der Waals surface area contributed by atoms with Crippen LogP contribution in [0.4, 0.5) is 0 Å². The molecule has 104 valence electrons. The van der Waals surface area contributed by atoms with Crippen molar-refractivity contribution in [2.75, 3.05) is 0 Å². The second-order valence-electron chi connectivity index (χ2n) is 3.81. The van der Waals surface area contributed by atoms with Crippen molar-refractivity contribution in [2.24, 2.45) is 0 Å². The number of carboxylic acid groups (broad SMARTS) is 1. The molecule has 2 rings (SSSR count). The van der Waals surface area contributed by atoms with Gasteiger partial charge in [0.2, 0.25) is 0 Å². The van der Waals surface area contributed by atoms with Crippen LogP contribution in [0.5, 0.6) is 5.75 Å². The summed E-state index contributed by atoms with van der Waals surface area (Å²) in [6.45, 7) is 0.244. The number of pyridine rings is 1. The average molecular weight is 607 g/mol. The molecule has 20 heavy (non-hydrogen) atoms. The summed E-state index contributed by atoms with van der Waals surface area (Å²) in [4.78, 5) is 14.9. The third-order valence-electron chi connectivity index (χ3n) is 2.35. The zero-order chi connectivity index (χ0) is 14.7. The van der Waals surface area contributed by atoms with Gasteiger partial charge in [-0.05, 0) is 92.0 Å². The average Bonchev–Trinajstić information content (AvgIpc) is 2.37. The van der Waals surface area contributed by atoms with Crippen LogP contribution in [-0.4, -0.2) is 16.1 Å². The van der Waals surface area contributed by atoms with Crippen molar-refractivity contribution in [1.29, 1.82) is 0 Å². The number of hydrogen-bond donors (Lipinski definition) is 1. The van der Waals surface area contributed by atoms with Gasteiger partial charge < -0.3 is 9.84 Å². The van der Waals surface area contributed by atoms with Crippen LogP contribution in [0.15, 0.2) is 30.3 Å². The lowest BCUT2D eigenvalue weighted by molar-refractivity contribution is 0.0690. The Labute approximate surface area is 156 Å². The second-order valence-corrected chi connectivity index (χ2v) is 7.38. The van der Waals surface area contributed by atoms with Gasteiger partial charge >= 0.3 is 5.97 Å². The van der Waals surface area contributed by atoms with E-state index in [4.69, 9.17) is 9.84 Å². The Morgan fingerprint density at radius 1 is 1.20 bits per heavy atom. The maximum absolute atomic E-state index is 10.9. The van der Waals surface area contributed by atoms with Gasteiger partial charge in [-0.1, -0.05) is 6.07 Å². The molecule has 1 N–H and O–H groups in total. The summed E-state index contributed by atoms with van der Waals surface area (Å²) in [6.07, 6.45) is 0. The number of benzene rings is 1. The van der Waals surface area contributed by atoms with Gasteiger partial charge in [-0.15, -0.1) is 0 Å². The van der Waals surface area contributed by atoms with E-state index >= 15 is 0 Å². The minimum atomic E-state index is -1.04. The fourth-order valence-electron chi connectivity index (χ4n) is 1.49. The molecular formula is C13H8I3NO3. The molecule has 0 radical (unpaired) electrons. The number of aromatic carboxylic acids is 1. The summed E-state index contributed by atoms with van der Waals surface area (Å²) in [7, 11) is 0. The Kier molecular flexibility index (Phi) is 5.84. The number of halogens is 3. The van der Waals surface area contributed by atoms with Crippen molar-refractivity contribution < 1.29 is 14.6 Å². The highest BCUT2D eigenvalue weighted by molar-refractivity contribution is 14.1. The normalized spacial score (nSPS) is 10.3. The summed E-state index contributed by atoms with van der Waals surface area (Å²) in [5.74, 6) is -0.237. The predicted octanol–water partition coefficient (Wildman–Crippen LogP) is 4.17. The lowest BCUT2D eigenvalue weighted by atomic mass is 10.3. The molecule has 0 aliphatic heterocycles. The van der Waals surface area contributed by atoms with E-state index in [1.807, 2.05) is 12.1 Å². The van der Waals surface area contributed by atoms with Gasteiger partial charge in [0.1, 0.15) is 18.1 Å². The molecule has 4 nitrogen and oxygen atoms in total. The monoisotopic (exact) mass is 607 g/mol. The molecule has 0 aliphatic rings. The first-order valence-electron chi connectivity index (χ1n) is 5.44. The first-order valence-corrected chi connectivity index (χ1v) is 8.67. The van der Waals surface area contributed by atoms with Crippen LogP contribution in [0.2, 0.25) is 0 Å². The van der Waals surface area contributed by atoms with E-state index in [1.165, 1.54) is 6.07 Å². The first-order chi connectivity index (χ1) is 9.47. The minimum absolute atomic E-state index is 0.0260. The maximum atomic E-state index is 10.9. The fraction of sp³-hybridized carbons (Fsp3) is 0.0769. The smallest absolute Gasteiger partial charge is 0.354 e. The summed E-state index contributed by atoms with van der Waals surface area (Å²) >= 11 is 6.70. The van der Waals surface area contributed by atoms with Crippen LogP contribution >= 0.6 is 67.8 Å². The van der Waals surface area contributed by atoms with Gasteiger partial charge in [0, 0.05) is 3.57 Å². The van der Waals surface area contributed by atoms with E-state index in [-0.39, 0.29) is 12.3 Å². The highest BCUT2D eigenvalue weighted by Gasteiger charge is 2.10. The van der Waals surface area contributed by atoms with Gasteiger partial charge in [0.25, 0.3) is 0 Å². The summed E-state index contributed by atoms with van der Waals surface area (Å²) in [6, 6.07) is 8.93. The van der Waals surface area contributed by atoms with Crippen LogP contribution in [0.1, 0.15) is 16.2 Å². The number of ether oxygens (including phenoxy) is 1. The Morgan fingerprint density at radius 2 is 1.85 bits per heavy atom. The van der Waals surface area contributed by atoms with Crippen LogP contribution in [-0.2, 0) is 6.61 Å². The van der Waals surface area contributed by atoms with Crippen molar-refractivity contribution in [3.05, 3.63) is 52.4 Å². The molecule has 2 aromatic rings. The molecule has 0 spiro atoms. The van der Waals surface area contributed by atoms with Crippen molar-refractivity contribution in [3.63, 3.8) is 0 Å². The molecule has 0 aliphatic carbocycles. The molecule has 0 saturated carbocycles. The van der Waals surface area contributed by atoms with Crippen LogP contribution in [0, 0.1) is 10.7 Å². The number of nitrogens with zero attached hydrogens (tertiary/aromatic N) is 1. The number of aromatic nitrogens is 1. The van der Waals surface area contributed by atoms with Gasteiger partial charge in [-0.2, -0.15) is 0 Å². The lowest BCUT2D eigenvalue weighted by Gasteiger charge is -2.10. The summed E-state index contributed by atoms with van der Waals surface area (Å²) in [5, 5.41) is 8.91. The first kappa shape index (κ1) is 16.2. The van der Waals surface area contributed by atoms with Crippen molar-refractivity contribution >= 4 is 73.7 Å². The molecule has 7 heteroatoms. The molecule has 0 saturated heterocycles. The van der Waals surface area contributed by atoms with Crippen LogP contribution < -0.4 is 4.74 Å². The molecule has 0 amide bonds. The van der Waals surface area contributed by atoms with Gasteiger partial charge in [-0.3, -0.25) is 0 Å².